The molecule has 6 heteroatoms. The molecule has 1 aliphatic heterocycles. The maximum Gasteiger partial charge on any atom is 0.247 e. The predicted octanol–water partition coefficient (Wildman–Crippen LogP) is 3.26. The Bertz CT molecular complexity index is 669. The third-order valence-electron chi connectivity index (χ3n) is 5.34. The molecule has 2 heterocycles. The Labute approximate surface area is 142 Å². The van der Waals surface area contributed by atoms with E-state index in [1.165, 1.54) is 37.7 Å². The van der Waals surface area contributed by atoms with Gasteiger partial charge >= 0.3 is 0 Å². The quantitative estimate of drug-likeness (QED) is 0.937. The molecule has 1 atom stereocenters. The summed E-state index contributed by atoms with van der Waals surface area (Å²) in [4.78, 5) is 0. The molecule has 24 heavy (non-hydrogen) atoms. The highest BCUT2D eigenvalue weighted by atomic mass is 16.5. The number of ether oxygens (including phenoxy) is 1. The SMILES string of the molecule is Cc1ccc(-n2nnnc2NC2CCOC3(CCCCC3)C2)cc1. The van der Waals surface area contributed by atoms with Gasteiger partial charge in [0, 0.05) is 12.6 Å². The zero-order valence-corrected chi connectivity index (χ0v) is 14.2. The summed E-state index contributed by atoms with van der Waals surface area (Å²) in [5.41, 5.74) is 2.29. The molecule has 1 N–H and O–H groups in total. The van der Waals surface area contributed by atoms with Crippen LogP contribution in [-0.2, 0) is 4.74 Å². The summed E-state index contributed by atoms with van der Waals surface area (Å²) < 4.78 is 7.97. The highest BCUT2D eigenvalue weighted by molar-refractivity contribution is 5.40. The number of tetrazole rings is 1. The lowest BCUT2D eigenvalue weighted by atomic mass is 9.78. The monoisotopic (exact) mass is 327 g/mol. The second-order valence-corrected chi connectivity index (χ2v) is 7.18. The fourth-order valence-electron chi connectivity index (χ4n) is 4.02. The molecular weight excluding hydrogens is 302 g/mol. The van der Waals surface area contributed by atoms with Gasteiger partial charge in [-0.15, -0.1) is 0 Å². The Hall–Kier alpha value is -1.95. The van der Waals surface area contributed by atoms with Crippen molar-refractivity contribution in [2.45, 2.75) is 63.5 Å². The zero-order valence-electron chi connectivity index (χ0n) is 14.2. The van der Waals surface area contributed by atoms with E-state index in [1.807, 2.05) is 12.1 Å². The average Bonchev–Trinajstić information content (AvgIpc) is 3.04. The molecule has 0 bridgehead atoms. The van der Waals surface area contributed by atoms with Crippen LogP contribution >= 0.6 is 0 Å². The van der Waals surface area contributed by atoms with Crippen molar-refractivity contribution in [1.29, 1.82) is 0 Å². The van der Waals surface area contributed by atoms with Gasteiger partial charge in [-0.1, -0.05) is 42.1 Å². The fraction of sp³-hybridized carbons (Fsp3) is 0.611. The third-order valence-corrected chi connectivity index (χ3v) is 5.34. The van der Waals surface area contributed by atoms with Gasteiger partial charge in [-0.3, -0.25) is 0 Å². The minimum Gasteiger partial charge on any atom is -0.375 e. The summed E-state index contributed by atoms with van der Waals surface area (Å²) in [6.45, 7) is 2.90. The number of rotatable bonds is 3. The summed E-state index contributed by atoms with van der Waals surface area (Å²) >= 11 is 0. The molecule has 0 radical (unpaired) electrons. The summed E-state index contributed by atoms with van der Waals surface area (Å²) in [6, 6.07) is 8.61. The molecule has 1 aromatic heterocycles. The highest BCUT2D eigenvalue weighted by Crippen LogP contribution is 2.39. The Kier molecular flexibility index (Phi) is 4.22. The zero-order chi connectivity index (χ0) is 16.4. The first-order chi connectivity index (χ1) is 11.7. The number of hydrogen-bond donors (Lipinski definition) is 1. The maximum absolute atomic E-state index is 6.19. The Balaban J connectivity index is 1.49. The van der Waals surface area contributed by atoms with Gasteiger partial charge in [0.1, 0.15) is 0 Å². The van der Waals surface area contributed by atoms with Gasteiger partial charge in [0.05, 0.1) is 11.3 Å². The van der Waals surface area contributed by atoms with Crippen LogP contribution in [0.1, 0.15) is 50.5 Å². The van der Waals surface area contributed by atoms with Crippen LogP contribution in [0.3, 0.4) is 0 Å². The van der Waals surface area contributed by atoms with Crippen molar-refractivity contribution in [3.63, 3.8) is 0 Å². The lowest BCUT2D eigenvalue weighted by Crippen LogP contribution is -2.45. The number of hydrogen-bond acceptors (Lipinski definition) is 5. The van der Waals surface area contributed by atoms with Crippen molar-refractivity contribution in [2.75, 3.05) is 11.9 Å². The number of aryl methyl sites for hydroxylation is 1. The minimum atomic E-state index is 0.0797. The van der Waals surface area contributed by atoms with Crippen LogP contribution in [-0.4, -0.2) is 38.5 Å². The molecule has 2 fully saturated rings. The molecule has 1 unspecified atom stereocenters. The van der Waals surface area contributed by atoms with Crippen LogP contribution < -0.4 is 5.32 Å². The van der Waals surface area contributed by atoms with Crippen molar-refractivity contribution >= 4 is 5.95 Å². The van der Waals surface area contributed by atoms with E-state index in [2.05, 4.69) is 39.9 Å². The number of aromatic nitrogens is 4. The second kappa shape index (κ2) is 6.51. The van der Waals surface area contributed by atoms with Gasteiger partial charge in [0.15, 0.2) is 0 Å². The van der Waals surface area contributed by atoms with E-state index in [1.54, 1.807) is 4.68 Å². The minimum absolute atomic E-state index is 0.0797. The predicted molar refractivity (Wildman–Crippen MR) is 92.3 cm³/mol. The molecule has 6 nitrogen and oxygen atoms in total. The first kappa shape index (κ1) is 15.6. The van der Waals surface area contributed by atoms with E-state index in [9.17, 15) is 0 Å². The number of nitrogens with one attached hydrogen (secondary N) is 1. The van der Waals surface area contributed by atoms with Crippen LogP contribution in [0, 0.1) is 6.92 Å². The molecule has 2 aromatic rings. The lowest BCUT2D eigenvalue weighted by molar-refractivity contribution is -0.103. The Morgan fingerprint density at radius 3 is 2.75 bits per heavy atom. The molecule has 1 saturated heterocycles. The average molecular weight is 327 g/mol. The van der Waals surface area contributed by atoms with Crippen molar-refractivity contribution < 1.29 is 4.74 Å². The van der Waals surface area contributed by atoms with Crippen molar-refractivity contribution in [3.8, 4) is 5.69 Å². The summed E-state index contributed by atoms with van der Waals surface area (Å²) in [5.74, 6) is 0.719. The second-order valence-electron chi connectivity index (χ2n) is 7.18. The summed E-state index contributed by atoms with van der Waals surface area (Å²) in [7, 11) is 0. The van der Waals surface area contributed by atoms with Gasteiger partial charge in [-0.2, -0.15) is 4.68 Å². The van der Waals surface area contributed by atoms with E-state index in [-0.39, 0.29) is 5.60 Å². The van der Waals surface area contributed by atoms with E-state index in [0.29, 0.717) is 6.04 Å². The molecule has 1 saturated carbocycles. The molecule has 128 valence electrons. The standard InChI is InChI=1S/C18H25N5O/c1-14-5-7-16(8-6-14)23-17(20-21-22-23)19-15-9-12-24-18(13-15)10-3-2-4-11-18/h5-8,15H,2-4,9-13H2,1H3,(H,19,20,22). The van der Waals surface area contributed by atoms with Crippen LogP contribution in [0.15, 0.2) is 24.3 Å². The van der Waals surface area contributed by atoms with E-state index in [4.69, 9.17) is 4.74 Å². The van der Waals surface area contributed by atoms with E-state index >= 15 is 0 Å². The van der Waals surface area contributed by atoms with Gasteiger partial charge < -0.3 is 10.1 Å². The van der Waals surface area contributed by atoms with Crippen molar-refractivity contribution in [1.82, 2.24) is 20.2 Å². The van der Waals surface area contributed by atoms with Crippen molar-refractivity contribution in [3.05, 3.63) is 29.8 Å². The molecular formula is C18H25N5O. The smallest absolute Gasteiger partial charge is 0.247 e. The maximum atomic E-state index is 6.19. The largest absolute Gasteiger partial charge is 0.375 e. The summed E-state index contributed by atoms with van der Waals surface area (Å²) in [5, 5.41) is 15.8. The van der Waals surface area contributed by atoms with Crippen LogP contribution in [0.4, 0.5) is 5.95 Å². The third kappa shape index (κ3) is 3.15. The van der Waals surface area contributed by atoms with Crippen molar-refractivity contribution in [2.24, 2.45) is 0 Å². The number of nitrogens with zero attached hydrogens (tertiary/aromatic N) is 4. The molecule has 4 rings (SSSR count). The van der Waals surface area contributed by atoms with Gasteiger partial charge in [-0.25, -0.2) is 0 Å². The van der Waals surface area contributed by atoms with E-state index < -0.39 is 0 Å². The molecule has 1 aliphatic carbocycles. The Morgan fingerprint density at radius 2 is 1.96 bits per heavy atom. The molecule has 2 aliphatic rings. The van der Waals surface area contributed by atoms with Gasteiger partial charge in [0.25, 0.3) is 0 Å². The summed E-state index contributed by atoms with van der Waals surface area (Å²) in [6.07, 6.45) is 8.34. The van der Waals surface area contributed by atoms with E-state index in [0.717, 1.165) is 31.1 Å². The Morgan fingerprint density at radius 1 is 1.17 bits per heavy atom. The molecule has 1 aromatic carbocycles. The number of benzene rings is 1. The van der Waals surface area contributed by atoms with Crippen LogP contribution in [0.5, 0.6) is 0 Å². The van der Waals surface area contributed by atoms with Crippen LogP contribution in [0.2, 0.25) is 0 Å². The lowest BCUT2D eigenvalue weighted by Gasteiger charge is -2.43. The fourth-order valence-corrected chi connectivity index (χ4v) is 4.02. The van der Waals surface area contributed by atoms with Gasteiger partial charge in [0.2, 0.25) is 5.95 Å². The van der Waals surface area contributed by atoms with Crippen LogP contribution in [0.25, 0.3) is 5.69 Å². The first-order valence-corrected chi connectivity index (χ1v) is 9.00. The number of anilines is 1. The molecule has 0 amide bonds. The van der Waals surface area contributed by atoms with Gasteiger partial charge in [-0.05, 0) is 55.2 Å². The highest BCUT2D eigenvalue weighted by Gasteiger charge is 2.38. The first-order valence-electron chi connectivity index (χ1n) is 9.00. The molecule has 1 spiro atoms. The normalized spacial score (nSPS) is 23.3. The topological polar surface area (TPSA) is 64.9 Å².